The Morgan fingerprint density at radius 1 is 1.05 bits per heavy atom. The predicted molar refractivity (Wildman–Crippen MR) is 88.4 cm³/mol. The lowest BCUT2D eigenvalue weighted by Crippen LogP contribution is -2.15. The molecule has 0 fully saturated rings. The zero-order valence-corrected chi connectivity index (χ0v) is 12.9. The molecule has 0 aliphatic heterocycles. The lowest BCUT2D eigenvalue weighted by molar-refractivity contribution is -0.483. The quantitative estimate of drug-likeness (QED) is 0.574. The van der Waals surface area contributed by atoms with Crippen molar-refractivity contribution < 1.29 is 9.72 Å². The number of benzene rings is 2. The number of nitro groups is 1. The van der Waals surface area contributed by atoms with E-state index in [-0.39, 0.29) is 28.9 Å². The lowest BCUT2D eigenvalue weighted by atomic mass is 9.96. The Morgan fingerprint density at radius 3 is 2.23 bits per heavy atom. The zero-order chi connectivity index (χ0) is 15.8. The predicted octanol–water partition coefficient (Wildman–Crippen LogP) is 3.90. The van der Waals surface area contributed by atoms with E-state index >= 15 is 0 Å². The highest BCUT2D eigenvalue weighted by atomic mass is 32.2. The van der Waals surface area contributed by atoms with E-state index in [1.54, 1.807) is 0 Å². The van der Waals surface area contributed by atoms with Crippen LogP contribution in [0.3, 0.4) is 0 Å². The van der Waals surface area contributed by atoms with Crippen LogP contribution in [0.25, 0.3) is 0 Å². The highest BCUT2D eigenvalue weighted by Gasteiger charge is 2.21. The third-order valence-electron chi connectivity index (χ3n) is 3.30. The van der Waals surface area contributed by atoms with E-state index in [2.05, 4.69) is 0 Å². The molecule has 0 amide bonds. The van der Waals surface area contributed by atoms with Gasteiger partial charge in [0.15, 0.2) is 5.12 Å². The Kier molecular flexibility index (Phi) is 6.15. The number of rotatable bonds is 7. The van der Waals surface area contributed by atoms with Crippen LogP contribution in [0.15, 0.2) is 60.7 Å². The summed E-state index contributed by atoms with van der Waals surface area (Å²) in [6.45, 7) is -0.221. The monoisotopic (exact) mass is 315 g/mol. The summed E-state index contributed by atoms with van der Waals surface area (Å²) in [5.41, 5.74) is 1.92. The standard InChI is InChI=1S/C17H17NO3S/c19-17(22-13-14-7-3-1-4-8-14)11-16(12-18(20)21)15-9-5-2-6-10-15/h1-10,16H,11-13H2/t16-/m1/s1. The summed E-state index contributed by atoms with van der Waals surface area (Å²) in [5.74, 6) is 0.228. The van der Waals surface area contributed by atoms with Crippen LogP contribution in [-0.2, 0) is 10.5 Å². The van der Waals surface area contributed by atoms with E-state index in [0.717, 1.165) is 11.1 Å². The molecule has 0 heterocycles. The van der Waals surface area contributed by atoms with Gasteiger partial charge in [0, 0.05) is 17.1 Å². The van der Waals surface area contributed by atoms with Crippen molar-refractivity contribution in [1.82, 2.24) is 0 Å². The SMILES string of the molecule is O=C(C[C@H](C[N+](=O)[O-])c1ccccc1)SCc1ccccc1. The lowest BCUT2D eigenvalue weighted by Gasteiger charge is -2.12. The molecule has 2 aromatic rings. The topological polar surface area (TPSA) is 60.2 Å². The summed E-state index contributed by atoms with van der Waals surface area (Å²) in [6, 6.07) is 18.9. The normalized spacial score (nSPS) is 11.8. The maximum atomic E-state index is 12.1. The van der Waals surface area contributed by atoms with Crippen LogP contribution in [0.4, 0.5) is 0 Å². The van der Waals surface area contributed by atoms with Crippen molar-refractivity contribution in [3.05, 3.63) is 81.9 Å². The van der Waals surface area contributed by atoms with Gasteiger partial charge in [-0.15, -0.1) is 0 Å². The summed E-state index contributed by atoms with van der Waals surface area (Å²) >= 11 is 1.22. The van der Waals surface area contributed by atoms with Gasteiger partial charge in [-0.1, -0.05) is 72.4 Å². The molecular weight excluding hydrogens is 298 g/mol. The fourth-order valence-electron chi connectivity index (χ4n) is 2.19. The zero-order valence-electron chi connectivity index (χ0n) is 12.1. The molecule has 2 aromatic carbocycles. The van der Waals surface area contributed by atoms with Gasteiger partial charge in [0.25, 0.3) is 0 Å². The molecule has 0 bridgehead atoms. The van der Waals surface area contributed by atoms with E-state index < -0.39 is 0 Å². The van der Waals surface area contributed by atoms with Crippen LogP contribution >= 0.6 is 11.8 Å². The average Bonchev–Trinajstić information content (AvgIpc) is 2.54. The van der Waals surface area contributed by atoms with Crippen molar-refractivity contribution in [2.24, 2.45) is 0 Å². The third kappa shape index (κ3) is 5.33. The average molecular weight is 315 g/mol. The van der Waals surface area contributed by atoms with Crippen molar-refractivity contribution in [3.63, 3.8) is 0 Å². The fraction of sp³-hybridized carbons (Fsp3) is 0.235. The van der Waals surface area contributed by atoms with Gasteiger partial charge in [-0.2, -0.15) is 0 Å². The number of carbonyl (C=O) groups excluding carboxylic acids is 1. The van der Waals surface area contributed by atoms with E-state index in [4.69, 9.17) is 0 Å². The first kappa shape index (κ1) is 16.2. The Balaban J connectivity index is 1.95. The van der Waals surface area contributed by atoms with Gasteiger partial charge in [-0.05, 0) is 11.1 Å². The molecular formula is C17H17NO3S. The second-order valence-electron chi connectivity index (χ2n) is 4.97. The maximum Gasteiger partial charge on any atom is 0.211 e. The Morgan fingerprint density at radius 2 is 1.64 bits per heavy atom. The molecule has 5 heteroatoms. The first-order chi connectivity index (χ1) is 10.6. The Labute approximate surface area is 133 Å². The molecule has 1 atom stereocenters. The van der Waals surface area contributed by atoms with Crippen molar-refractivity contribution >= 4 is 16.9 Å². The van der Waals surface area contributed by atoms with Crippen molar-refractivity contribution in [2.45, 2.75) is 18.1 Å². The van der Waals surface area contributed by atoms with Crippen LogP contribution in [-0.4, -0.2) is 16.6 Å². The first-order valence-corrected chi connectivity index (χ1v) is 8.00. The van der Waals surface area contributed by atoms with Crippen LogP contribution < -0.4 is 0 Å². The molecule has 4 nitrogen and oxygen atoms in total. The maximum absolute atomic E-state index is 12.1. The van der Waals surface area contributed by atoms with Gasteiger partial charge in [0.05, 0.1) is 5.92 Å². The van der Waals surface area contributed by atoms with Crippen molar-refractivity contribution in [2.75, 3.05) is 6.54 Å². The summed E-state index contributed by atoms with van der Waals surface area (Å²) in [6.07, 6.45) is 0.183. The second kappa shape index (κ2) is 8.34. The number of hydrogen-bond donors (Lipinski definition) is 0. The van der Waals surface area contributed by atoms with E-state index in [1.807, 2.05) is 60.7 Å². The highest BCUT2D eigenvalue weighted by Crippen LogP contribution is 2.24. The number of nitrogens with zero attached hydrogens (tertiary/aromatic N) is 1. The number of thioether (sulfide) groups is 1. The molecule has 114 valence electrons. The Bertz CT molecular complexity index is 616. The van der Waals surface area contributed by atoms with Crippen LogP contribution in [0.1, 0.15) is 23.5 Å². The summed E-state index contributed by atoms with van der Waals surface area (Å²) in [5, 5.41) is 10.8. The molecule has 0 aliphatic carbocycles. The molecule has 22 heavy (non-hydrogen) atoms. The minimum absolute atomic E-state index is 0.0143. The minimum atomic E-state index is -0.369. The van der Waals surface area contributed by atoms with E-state index in [9.17, 15) is 14.9 Å². The van der Waals surface area contributed by atoms with Gasteiger partial charge in [-0.3, -0.25) is 14.9 Å². The van der Waals surface area contributed by atoms with Crippen molar-refractivity contribution in [1.29, 1.82) is 0 Å². The first-order valence-electron chi connectivity index (χ1n) is 7.01. The minimum Gasteiger partial charge on any atom is -0.287 e. The smallest absolute Gasteiger partial charge is 0.211 e. The second-order valence-corrected chi connectivity index (χ2v) is 6.01. The molecule has 0 spiro atoms. The summed E-state index contributed by atoms with van der Waals surface area (Å²) in [4.78, 5) is 22.6. The number of carbonyl (C=O) groups is 1. The van der Waals surface area contributed by atoms with Gasteiger partial charge in [0.2, 0.25) is 6.54 Å². The molecule has 0 aliphatic rings. The summed E-state index contributed by atoms with van der Waals surface area (Å²) in [7, 11) is 0. The van der Waals surface area contributed by atoms with Gasteiger partial charge in [-0.25, -0.2) is 0 Å². The van der Waals surface area contributed by atoms with Gasteiger partial charge in [0.1, 0.15) is 0 Å². The molecule has 0 saturated carbocycles. The molecule has 2 rings (SSSR count). The van der Waals surface area contributed by atoms with E-state index in [1.165, 1.54) is 11.8 Å². The number of hydrogen-bond acceptors (Lipinski definition) is 4. The fourth-order valence-corrected chi connectivity index (χ4v) is 3.03. The summed E-state index contributed by atoms with van der Waals surface area (Å²) < 4.78 is 0. The third-order valence-corrected chi connectivity index (χ3v) is 4.26. The Hall–Kier alpha value is -2.14. The molecule has 0 N–H and O–H groups in total. The van der Waals surface area contributed by atoms with Crippen molar-refractivity contribution in [3.8, 4) is 0 Å². The molecule has 0 radical (unpaired) electrons. The van der Waals surface area contributed by atoms with Gasteiger partial charge < -0.3 is 0 Å². The van der Waals surface area contributed by atoms with Crippen LogP contribution in [0, 0.1) is 10.1 Å². The van der Waals surface area contributed by atoms with Crippen LogP contribution in [0.2, 0.25) is 0 Å². The van der Waals surface area contributed by atoms with Crippen LogP contribution in [0.5, 0.6) is 0 Å². The van der Waals surface area contributed by atoms with E-state index in [0.29, 0.717) is 5.75 Å². The highest BCUT2D eigenvalue weighted by molar-refractivity contribution is 8.12. The largest absolute Gasteiger partial charge is 0.287 e. The molecule has 0 saturated heterocycles. The molecule has 0 unspecified atom stereocenters. The van der Waals surface area contributed by atoms with Gasteiger partial charge >= 0.3 is 0 Å². The molecule has 0 aromatic heterocycles.